The van der Waals surface area contributed by atoms with E-state index in [1.54, 1.807) is 54.6 Å². The first kappa shape index (κ1) is 20.9. The van der Waals surface area contributed by atoms with Crippen LogP contribution in [0.15, 0.2) is 49.4 Å². The molecule has 35 heavy (non-hydrogen) atoms. The normalized spacial score (nSPS) is 16.0. The Morgan fingerprint density at radius 1 is 1.17 bits per heavy atom. The van der Waals surface area contributed by atoms with E-state index in [9.17, 15) is 10.1 Å². The van der Waals surface area contributed by atoms with Crippen molar-refractivity contribution in [2.24, 2.45) is 0 Å². The van der Waals surface area contributed by atoms with Crippen LogP contribution in [0.1, 0.15) is 31.4 Å². The van der Waals surface area contributed by atoms with Gasteiger partial charge in [-0.3, -0.25) is 4.79 Å². The van der Waals surface area contributed by atoms with Crippen LogP contribution in [0.3, 0.4) is 0 Å². The molecule has 1 aliphatic heterocycles. The molecule has 5 aromatic rings. The van der Waals surface area contributed by atoms with Crippen LogP contribution in [0.5, 0.6) is 0 Å². The van der Waals surface area contributed by atoms with Crippen molar-refractivity contribution in [2.75, 3.05) is 13.1 Å². The molecule has 0 aromatic carbocycles. The Kier molecular flexibility index (Phi) is 4.92. The number of rotatable bonds is 3. The smallest absolute Gasteiger partial charge is 0.219 e. The summed E-state index contributed by atoms with van der Waals surface area (Å²) in [7, 11) is 0. The maximum atomic E-state index is 12.1. The summed E-state index contributed by atoms with van der Waals surface area (Å²) in [6.45, 7) is 2.91. The van der Waals surface area contributed by atoms with Crippen LogP contribution in [0.4, 0.5) is 0 Å². The number of nitrogens with zero attached hydrogens (tertiary/aromatic N) is 10. The summed E-state index contributed by atoms with van der Waals surface area (Å²) in [4.78, 5) is 36.7. The summed E-state index contributed by atoms with van der Waals surface area (Å²) in [6.07, 6.45) is 11.8. The van der Waals surface area contributed by atoms with Crippen molar-refractivity contribution < 1.29 is 4.79 Å². The predicted molar refractivity (Wildman–Crippen MR) is 126 cm³/mol. The highest BCUT2D eigenvalue weighted by atomic mass is 16.2. The average Bonchev–Trinajstić information content (AvgIpc) is 3.50. The molecule has 172 valence electrons. The van der Waals surface area contributed by atoms with Crippen molar-refractivity contribution in [3.8, 4) is 28.8 Å². The summed E-state index contributed by atoms with van der Waals surface area (Å²) in [5.74, 6) is 1.23. The fourth-order valence-electron chi connectivity index (χ4n) is 4.66. The van der Waals surface area contributed by atoms with Crippen LogP contribution in [0.25, 0.3) is 39.5 Å². The molecule has 6 heterocycles. The number of amides is 1. The lowest BCUT2D eigenvalue weighted by Gasteiger charge is -2.33. The molecule has 1 aliphatic rings. The largest absolute Gasteiger partial charge is 0.341 e. The fourth-order valence-corrected chi connectivity index (χ4v) is 4.66. The Balaban J connectivity index is 1.55. The second-order valence-electron chi connectivity index (χ2n) is 8.51. The van der Waals surface area contributed by atoms with E-state index in [4.69, 9.17) is 9.97 Å². The lowest BCUT2D eigenvalue weighted by atomic mass is 10.0. The Hall–Kier alpha value is -4.72. The van der Waals surface area contributed by atoms with Crippen molar-refractivity contribution in [2.45, 2.75) is 25.8 Å². The van der Waals surface area contributed by atoms with Gasteiger partial charge in [0.05, 0.1) is 46.7 Å². The number of nitriles is 1. The molecule has 11 heteroatoms. The molecule has 1 atom stereocenters. The van der Waals surface area contributed by atoms with E-state index in [1.165, 1.54) is 6.33 Å². The van der Waals surface area contributed by atoms with Crippen LogP contribution in [-0.4, -0.2) is 63.0 Å². The number of hydrogen-bond acceptors (Lipinski definition) is 8. The molecule has 0 aliphatic carbocycles. The zero-order valence-electron chi connectivity index (χ0n) is 18.9. The fraction of sp³-hybridized carbons (Fsp3) is 0.250. The van der Waals surface area contributed by atoms with E-state index in [2.05, 4.69) is 30.7 Å². The van der Waals surface area contributed by atoms with E-state index in [0.717, 1.165) is 36.0 Å². The SMILES string of the molecule is CC(=O)N1CCC[C@H](n2c(-c3cncnc3)nc3cnc(-c4cnn5ccc(C#N)cc45)nc32)C1. The standard InChI is InChI=1S/C24H20N10O/c1-15(35)32-5-2-3-18(13-32)34-23(17-9-26-14-27-10-17)30-20-12-28-22(31-24(20)34)19-11-29-33-6-4-16(8-25)7-21(19)33/h4,6-7,9-12,14,18H,2-3,5,13H2,1H3/t18-/m0/s1. The number of piperidine rings is 1. The highest BCUT2D eigenvalue weighted by molar-refractivity contribution is 5.82. The number of hydrogen-bond donors (Lipinski definition) is 0. The van der Waals surface area contributed by atoms with Crippen LogP contribution < -0.4 is 0 Å². The van der Waals surface area contributed by atoms with Gasteiger partial charge in [-0.25, -0.2) is 29.4 Å². The van der Waals surface area contributed by atoms with Gasteiger partial charge in [0.2, 0.25) is 5.91 Å². The van der Waals surface area contributed by atoms with Crippen LogP contribution in [0.2, 0.25) is 0 Å². The number of carbonyl (C=O) groups excluding carboxylic acids is 1. The van der Waals surface area contributed by atoms with Crippen LogP contribution in [0, 0.1) is 11.3 Å². The molecule has 11 nitrogen and oxygen atoms in total. The van der Waals surface area contributed by atoms with Crippen LogP contribution >= 0.6 is 0 Å². The molecule has 6 rings (SSSR count). The third-order valence-electron chi connectivity index (χ3n) is 6.35. The second-order valence-corrected chi connectivity index (χ2v) is 8.51. The molecular formula is C24H20N10O. The lowest BCUT2D eigenvalue weighted by Crippen LogP contribution is -2.39. The van der Waals surface area contributed by atoms with Gasteiger partial charge in [-0.15, -0.1) is 0 Å². The second kappa shape index (κ2) is 8.25. The molecule has 0 unspecified atom stereocenters. The van der Waals surface area contributed by atoms with E-state index in [1.807, 2.05) is 4.90 Å². The van der Waals surface area contributed by atoms with Gasteiger partial charge in [-0.05, 0) is 25.0 Å². The average molecular weight is 464 g/mol. The number of carbonyl (C=O) groups is 1. The van der Waals surface area contributed by atoms with Gasteiger partial charge < -0.3 is 9.47 Å². The molecule has 1 fully saturated rings. The van der Waals surface area contributed by atoms with Crippen molar-refractivity contribution in [1.82, 2.24) is 44.0 Å². The topological polar surface area (TPSA) is 131 Å². The van der Waals surface area contributed by atoms with Crippen molar-refractivity contribution in [3.63, 3.8) is 0 Å². The number of imidazole rings is 1. The number of pyridine rings is 1. The van der Waals surface area contributed by atoms with Crippen LogP contribution in [-0.2, 0) is 4.79 Å². The number of fused-ring (bicyclic) bond motifs is 2. The highest BCUT2D eigenvalue weighted by Crippen LogP contribution is 2.33. The van der Waals surface area contributed by atoms with Gasteiger partial charge >= 0.3 is 0 Å². The van der Waals surface area contributed by atoms with E-state index < -0.39 is 0 Å². The van der Waals surface area contributed by atoms with Gasteiger partial charge in [0.15, 0.2) is 11.5 Å². The molecule has 1 saturated heterocycles. The quantitative estimate of drug-likeness (QED) is 0.398. The minimum absolute atomic E-state index is 0.00953. The first-order chi connectivity index (χ1) is 17.1. The summed E-state index contributed by atoms with van der Waals surface area (Å²) >= 11 is 0. The van der Waals surface area contributed by atoms with Gasteiger partial charge in [0, 0.05) is 38.6 Å². The van der Waals surface area contributed by atoms with Crippen molar-refractivity contribution in [3.05, 3.63) is 55.0 Å². The first-order valence-electron chi connectivity index (χ1n) is 11.3. The van der Waals surface area contributed by atoms with Gasteiger partial charge in [-0.1, -0.05) is 0 Å². The minimum atomic E-state index is -0.00953. The van der Waals surface area contributed by atoms with Gasteiger partial charge in [0.25, 0.3) is 0 Å². The monoisotopic (exact) mass is 464 g/mol. The summed E-state index contributed by atoms with van der Waals surface area (Å²) in [6, 6.07) is 5.63. The zero-order chi connectivity index (χ0) is 23.9. The third-order valence-corrected chi connectivity index (χ3v) is 6.35. The van der Waals surface area contributed by atoms with Gasteiger partial charge in [-0.2, -0.15) is 10.4 Å². The molecule has 1 amide bonds. The first-order valence-corrected chi connectivity index (χ1v) is 11.3. The van der Waals surface area contributed by atoms with Crippen molar-refractivity contribution in [1.29, 1.82) is 5.26 Å². The lowest BCUT2D eigenvalue weighted by molar-refractivity contribution is -0.130. The molecule has 5 aromatic heterocycles. The van der Waals surface area contributed by atoms with E-state index >= 15 is 0 Å². The third kappa shape index (κ3) is 3.56. The molecule has 0 bridgehead atoms. The summed E-state index contributed by atoms with van der Waals surface area (Å²) < 4.78 is 3.78. The van der Waals surface area contributed by atoms with Crippen molar-refractivity contribution >= 4 is 22.6 Å². The molecule has 0 saturated carbocycles. The minimum Gasteiger partial charge on any atom is -0.341 e. The Morgan fingerprint density at radius 3 is 2.83 bits per heavy atom. The molecule has 0 N–H and O–H groups in total. The Labute approximate surface area is 199 Å². The highest BCUT2D eigenvalue weighted by Gasteiger charge is 2.28. The van der Waals surface area contributed by atoms with E-state index in [0.29, 0.717) is 34.9 Å². The maximum Gasteiger partial charge on any atom is 0.219 e. The predicted octanol–water partition coefficient (Wildman–Crippen LogP) is 2.65. The summed E-state index contributed by atoms with van der Waals surface area (Å²) in [5, 5.41) is 13.7. The van der Waals surface area contributed by atoms with E-state index in [-0.39, 0.29) is 11.9 Å². The zero-order valence-corrected chi connectivity index (χ0v) is 18.9. The molecule has 0 radical (unpaired) electrons. The summed E-state index contributed by atoms with van der Waals surface area (Å²) in [5.41, 5.74) is 4.06. The molecular weight excluding hydrogens is 444 g/mol. The number of likely N-dealkylation sites (tertiary alicyclic amines) is 1. The molecule has 0 spiro atoms. The Bertz CT molecular complexity index is 1610. The van der Waals surface area contributed by atoms with Gasteiger partial charge in [0.1, 0.15) is 17.7 Å². The number of aromatic nitrogens is 8. The Morgan fingerprint density at radius 2 is 2.03 bits per heavy atom. The maximum absolute atomic E-state index is 12.1.